The van der Waals surface area contributed by atoms with Crippen molar-refractivity contribution in [3.05, 3.63) is 65.9 Å². The zero-order valence-electron chi connectivity index (χ0n) is 15.7. The molecule has 154 valence electrons. The number of sulfonamides is 1. The number of thiazole rings is 1. The first-order chi connectivity index (χ1) is 14.9. The van der Waals surface area contributed by atoms with Crippen molar-refractivity contribution in [1.29, 1.82) is 0 Å². The molecular formula is C20H14N6O3S2. The largest absolute Gasteiger partial charge is 0.346 e. The van der Waals surface area contributed by atoms with E-state index in [9.17, 15) is 13.2 Å². The summed E-state index contributed by atoms with van der Waals surface area (Å²) in [5.41, 5.74) is 4.80. The van der Waals surface area contributed by atoms with Crippen LogP contribution < -0.4 is 15.8 Å². The number of nitrogens with two attached hydrogens (primary N) is 1. The molecule has 0 saturated carbocycles. The van der Waals surface area contributed by atoms with E-state index in [0.717, 1.165) is 21.5 Å². The first-order valence-corrected chi connectivity index (χ1v) is 11.4. The highest BCUT2D eigenvalue weighted by Gasteiger charge is 2.27. The Balaban J connectivity index is 1.52. The maximum atomic E-state index is 12.5. The number of aromatic nitrogens is 3. The number of hydrogen-bond acceptors (Lipinski definition) is 8. The SMILES string of the molecule is NS(=O)(=O)c1ccccc1-c1nccc(NC=C2C(=O)Nc3ccc4ncsc4c32)n1. The van der Waals surface area contributed by atoms with Crippen LogP contribution in [-0.4, -0.2) is 29.3 Å². The van der Waals surface area contributed by atoms with Crippen molar-refractivity contribution in [2.75, 3.05) is 10.6 Å². The summed E-state index contributed by atoms with van der Waals surface area (Å²) < 4.78 is 24.7. The van der Waals surface area contributed by atoms with Crippen molar-refractivity contribution in [3.63, 3.8) is 0 Å². The monoisotopic (exact) mass is 450 g/mol. The summed E-state index contributed by atoms with van der Waals surface area (Å²) in [5, 5.41) is 11.2. The molecule has 2 aromatic carbocycles. The molecule has 0 bridgehead atoms. The molecule has 31 heavy (non-hydrogen) atoms. The van der Waals surface area contributed by atoms with E-state index in [0.29, 0.717) is 11.4 Å². The van der Waals surface area contributed by atoms with E-state index in [-0.39, 0.29) is 22.2 Å². The number of carbonyl (C=O) groups excluding carboxylic acids is 1. The molecule has 2 aromatic heterocycles. The Hall–Kier alpha value is -3.67. The number of amides is 1. The van der Waals surface area contributed by atoms with Gasteiger partial charge in [0.25, 0.3) is 5.91 Å². The number of primary sulfonamides is 1. The van der Waals surface area contributed by atoms with Gasteiger partial charge in [0.1, 0.15) is 5.82 Å². The number of fused-ring (bicyclic) bond motifs is 3. The third-order valence-electron chi connectivity index (χ3n) is 4.72. The fraction of sp³-hybridized carbons (Fsp3) is 0. The van der Waals surface area contributed by atoms with E-state index in [4.69, 9.17) is 5.14 Å². The highest BCUT2D eigenvalue weighted by atomic mass is 32.2. The van der Waals surface area contributed by atoms with Gasteiger partial charge in [-0.15, -0.1) is 11.3 Å². The van der Waals surface area contributed by atoms with Crippen LogP contribution >= 0.6 is 11.3 Å². The van der Waals surface area contributed by atoms with Crippen LogP contribution in [0.15, 0.2) is 65.3 Å². The molecule has 4 aromatic rings. The second kappa shape index (κ2) is 7.23. The lowest BCUT2D eigenvalue weighted by Crippen LogP contribution is -2.13. The molecule has 0 radical (unpaired) electrons. The summed E-state index contributed by atoms with van der Waals surface area (Å²) in [7, 11) is -3.95. The fourth-order valence-corrected chi connectivity index (χ4v) is 4.94. The molecule has 0 spiro atoms. The third-order valence-corrected chi connectivity index (χ3v) is 6.54. The minimum absolute atomic E-state index is 0.0674. The second-order valence-electron chi connectivity index (χ2n) is 6.65. The van der Waals surface area contributed by atoms with Crippen LogP contribution in [0.4, 0.5) is 11.5 Å². The van der Waals surface area contributed by atoms with Crippen LogP contribution in [0.5, 0.6) is 0 Å². The number of rotatable bonds is 4. The van der Waals surface area contributed by atoms with Gasteiger partial charge < -0.3 is 10.6 Å². The normalized spacial score (nSPS) is 14.6. The molecule has 1 aliphatic rings. The Morgan fingerprint density at radius 3 is 2.77 bits per heavy atom. The quantitative estimate of drug-likeness (QED) is 0.406. The van der Waals surface area contributed by atoms with E-state index >= 15 is 0 Å². The number of nitrogens with zero attached hydrogens (tertiary/aromatic N) is 3. The standard InChI is InChI=1S/C20H14N6O3S2/c21-31(28,29)15-4-2-1-3-11(15)19-22-8-7-16(26-19)23-9-12-17-13(25-20(12)27)5-6-14-18(17)30-10-24-14/h1-10H,(H,25,27)(H2,21,28,29)(H,22,23,26). The van der Waals surface area contributed by atoms with Crippen LogP contribution in [0.25, 0.3) is 27.2 Å². The average Bonchev–Trinajstić information content (AvgIpc) is 3.35. The van der Waals surface area contributed by atoms with E-state index < -0.39 is 10.0 Å². The van der Waals surface area contributed by atoms with E-state index in [1.807, 2.05) is 12.1 Å². The molecule has 11 heteroatoms. The van der Waals surface area contributed by atoms with Gasteiger partial charge >= 0.3 is 0 Å². The number of carbonyl (C=O) groups is 1. The second-order valence-corrected chi connectivity index (χ2v) is 9.04. The van der Waals surface area contributed by atoms with Crippen LogP contribution in [0.2, 0.25) is 0 Å². The number of anilines is 2. The topological polar surface area (TPSA) is 140 Å². The Bertz CT molecular complexity index is 1490. The predicted molar refractivity (Wildman–Crippen MR) is 119 cm³/mol. The summed E-state index contributed by atoms with van der Waals surface area (Å²) in [4.78, 5) is 25.3. The lowest BCUT2D eigenvalue weighted by atomic mass is 10.1. The van der Waals surface area contributed by atoms with Gasteiger partial charge in [0.15, 0.2) is 5.82 Å². The highest BCUT2D eigenvalue weighted by Crippen LogP contribution is 2.39. The minimum atomic E-state index is -3.95. The summed E-state index contributed by atoms with van der Waals surface area (Å²) in [6.45, 7) is 0. The highest BCUT2D eigenvalue weighted by molar-refractivity contribution is 7.89. The van der Waals surface area contributed by atoms with Crippen LogP contribution in [0.1, 0.15) is 5.56 Å². The van der Waals surface area contributed by atoms with Gasteiger partial charge in [-0.3, -0.25) is 4.79 Å². The summed E-state index contributed by atoms with van der Waals surface area (Å²) in [6, 6.07) is 11.5. The van der Waals surface area contributed by atoms with Crippen molar-refractivity contribution in [1.82, 2.24) is 15.0 Å². The number of benzene rings is 2. The number of hydrogen-bond donors (Lipinski definition) is 3. The van der Waals surface area contributed by atoms with Crippen molar-refractivity contribution >= 4 is 54.6 Å². The summed E-state index contributed by atoms with van der Waals surface area (Å²) in [6.07, 6.45) is 3.06. The molecule has 1 aliphatic heterocycles. The first kappa shape index (κ1) is 19.3. The predicted octanol–water partition coefficient (Wildman–Crippen LogP) is 2.81. The molecule has 5 rings (SSSR count). The first-order valence-electron chi connectivity index (χ1n) is 9.02. The zero-order valence-corrected chi connectivity index (χ0v) is 17.4. The van der Waals surface area contributed by atoms with Crippen molar-refractivity contribution in [2.24, 2.45) is 5.14 Å². The van der Waals surface area contributed by atoms with Crippen LogP contribution in [-0.2, 0) is 14.8 Å². The molecular weight excluding hydrogens is 436 g/mol. The van der Waals surface area contributed by atoms with E-state index in [1.54, 1.807) is 36.0 Å². The van der Waals surface area contributed by atoms with Gasteiger partial charge in [-0.2, -0.15) is 0 Å². The lowest BCUT2D eigenvalue weighted by molar-refractivity contribution is -0.110. The average molecular weight is 451 g/mol. The van der Waals surface area contributed by atoms with Gasteiger partial charge in [0, 0.05) is 23.5 Å². The van der Waals surface area contributed by atoms with Crippen molar-refractivity contribution < 1.29 is 13.2 Å². The molecule has 0 fully saturated rings. The Labute approximate surface area is 180 Å². The van der Waals surface area contributed by atoms with Gasteiger partial charge in [-0.05, 0) is 30.3 Å². The Morgan fingerprint density at radius 1 is 1.10 bits per heavy atom. The maximum Gasteiger partial charge on any atom is 0.257 e. The molecule has 0 unspecified atom stereocenters. The van der Waals surface area contributed by atoms with Gasteiger partial charge in [-0.1, -0.05) is 12.1 Å². The summed E-state index contributed by atoms with van der Waals surface area (Å²) >= 11 is 1.46. The van der Waals surface area contributed by atoms with E-state index in [1.165, 1.54) is 23.6 Å². The van der Waals surface area contributed by atoms with E-state index in [2.05, 4.69) is 25.6 Å². The third kappa shape index (κ3) is 3.44. The fourth-order valence-electron chi connectivity index (χ4n) is 3.36. The van der Waals surface area contributed by atoms with Crippen molar-refractivity contribution in [3.8, 4) is 11.4 Å². The smallest absolute Gasteiger partial charge is 0.257 e. The van der Waals surface area contributed by atoms with Crippen LogP contribution in [0.3, 0.4) is 0 Å². The molecule has 0 aliphatic carbocycles. The Morgan fingerprint density at radius 2 is 1.94 bits per heavy atom. The molecule has 4 N–H and O–H groups in total. The minimum Gasteiger partial charge on any atom is -0.346 e. The zero-order chi connectivity index (χ0) is 21.6. The van der Waals surface area contributed by atoms with Gasteiger partial charge in [0.2, 0.25) is 10.0 Å². The summed E-state index contributed by atoms with van der Waals surface area (Å²) in [5.74, 6) is 0.339. The molecule has 0 atom stereocenters. The molecule has 9 nitrogen and oxygen atoms in total. The van der Waals surface area contributed by atoms with Crippen LogP contribution in [0, 0.1) is 0 Å². The maximum absolute atomic E-state index is 12.5. The van der Waals surface area contributed by atoms with Gasteiger partial charge in [0.05, 0.1) is 31.9 Å². The molecule has 3 heterocycles. The molecule has 0 saturated heterocycles. The lowest BCUT2D eigenvalue weighted by Gasteiger charge is -2.08. The Kier molecular flexibility index (Phi) is 4.50. The molecule has 1 amide bonds. The van der Waals surface area contributed by atoms with Gasteiger partial charge in [-0.25, -0.2) is 28.5 Å². The van der Waals surface area contributed by atoms with Crippen molar-refractivity contribution in [2.45, 2.75) is 4.90 Å². The number of nitrogens with one attached hydrogen (secondary N) is 2.